The molecular weight excluding hydrogens is 136 g/mol. The van der Waals surface area contributed by atoms with Crippen molar-refractivity contribution in [1.29, 1.82) is 0 Å². The van der Waals surface area contributed by atoms with E-state index in [2.05, 4.69) is 11.8 Å². The van der Waals surface area contributed by atoms with E-state index in [1.54, 1.807) is 0 Å². The number of Topliss-reactive ketones (excluding diaryl/α,β-unsaturated/α-hetero) is 1. The molecule has 1 unspecified atom stereocenters. The maximum absolute atomic E-state index is 11.1. The molecule has 0 N–H and O–H groups in total. The Morgan fingerprint density at radius 1 is 1.64 bits per heavy atom. The summed E-state index contributed by atoms with van der Waals surface area (Å²) in [5.41, 5.74) is 0. The van der Waals surface area contributed by atoms with Gasteiger partial charge in [-0.2, -0.15) is 0 Å². The fraction of sp³-hybridized carbons (Fsp3) is 0.700. The molecule has 1 fully saturated rings. The van der Waals surface area contributed by atoms with E-state index in [0.717, 1.165) is 6.42 Å². The fourth-order valence-electron chi connectivity index (χ4n) is 0.709. The first kappa shape index (κ1) is 8.33. The van der Waals surface area contributed by atoms with E-state index in [9.17, 15) is 4.79 Å². The first-order valence-electron chi connectivity index (χ1n) is 4.29. The predicted octanol–water partition coefficient (Wildman–Crippen LogP) is 2.02. The standard InChI is InChI=1S/C10H14O/c1-3-8(2)10(11)7-6-9-4-5-9/h8-9H,3-5H2,1-2H3. The Hall–Kier alpha value is -0.770. The Kier molecular flexibility index (Phi) is 2.70. The second kappa shape index (κ2) is 3.57. The van der Waals surface area contributed by atoms with Crippen molar-refractivity contribution in [2.45, 2.75) is 33.1 Å². The summed E-state index contributed by atoms with van der Waals surface area (Å²) < 4.78 is 0. The molecule has 1 aliphatic rings. The lowest BCUT2D eigenvalue weighted by atomic mass is 10.0. The third-order valence-corrected chi connectivity index (χ3v) is 2.04. The number of carbonyl (C=O) groups excluding carboxylic acids is 1. The Balaban J connectivity index is 2.36. The molecule has 1 nitrogen and oxygen atoms in total. The van der Waals surface area contributed by atoms with Crippen molar-refractivity contribution in [1.82, 2.24) is 0 Å². The van der Waals surface area contributed by atoms with Gasteiger partial charge in [-0.3, -0.25) is 4.79 Å². The van der Waals surface area contributed by atoms with Gasteiger partial charge in [0.05, 0.1) is 0 Å². The molecule has 0 aliphatic heterocycles. The number of ketones is 1. The summed E-state index contributed by atoms with van der Waals surface area (Å²) in [7, 11) is 0. The molecule has 60 valence electrons. The maximum atomic E-state index is 11.1. The summed E-state index contributed by atoms with van der Waals surface area (Å²) in [5, 5.41) is 0. The lowest BCUT2D eigenvalue weighted by molar-refractivity contribution is -0.116. The van der Waals surface area contributed by atoms with Crippen molar-refractivity contribution in [3.05, 3.63) is 0 Å². The summed E-state index contributed by atoms with van der Waals surface area (Å²) in [6.45, 7) is 3.95. The number of rotatable bonds is 2. The van der Waals surface area contributed by atoms with Crippen LogP contribution in [0.1, 0.15) is 33.1 Å². The topological polar surface area (TPSA) is 17.1 Å². The van der Waals surface area contributed by atoms with Crippen LogP contribution in [0.15, 0.2) is 0 Å². The van der Waals surface area contributed by atoms with Crippen LogP contribution in [0.5, 0.6) is 0 Å². The molecule has 1 aliphatic carbocycles. The minimum Gasteiger partial charge on any atom is -0.285 e. The van der Waals surface area contributed by atoms with E-state index in [0.29, 0.717) is 5.92 Å². The normalized spacial score (nSPS) is 18.4. The average Bonchev–Trinajstić information content (AvgIpc) is 2.81. The predicted molar refractivity (Wildman–Crippen MR) is 45.0 cm³/mol. The Labute approximate surface area is 68.2 Å². The maximum Gasteiger partial charge on any atom is 0.208 e. The highest BCUT2D eigenvalue weighted by Crippen LogP contribution is 2.27. The number of carbonyl (C=O) groups is 1. The van der Waals surface area contributed by atoms with Gasteiger partial charge in [-0.05, 0) is 25.2 Å². The second-order valence-corrected chi connectivity index (χ2v) is 3.22. The highest BCUT2D eigenvalue weighted by Gasteiger charge is 2.18. The van der Waals surface area contributed by atoms with E-state index in [1.807, 2.05) is 13.8 Å². The van der Waals surface area contributed by atoms with Crippen molar-refractivity contribution >= 4 is 5.78 Å². The third kappa shape index (κ3) is 2.76. The average molecular weight is 150 g/mol. The van der Waals surface area contributed by atoms with Gasteiger partial charge in [0.15, 0.2) is 0 Å². The molecule has 0 aromatic heterocycles. The zero-order chi connectivity index (χ0) is 8.27. The Bertz CT molecular complexity index is 203. The van der Waals surface area contributed by atoms with Crippen molar-refractivity contribution in [2.24, 2.45) is 11.8 Å². The van der Waals surface area contributed by atoms with Gasteiger partial charge in [0.2, 0.25) is 5.78 Å². The molecule has 0 amide bonds. The molecule has 1 atom stereocenters. The summed E-state index contributed by atoms with van der Waals surface area (Å²) in [5.74, 6) is 6.46. The lowest BCUT2D eigenvalue weighted by Gasteiger charge is -1.98. The van der Waals surface area contributed by atoms with Gasteiger partial charge in [-0.15, -0.1) is 0 Å². The molecule has 0 heterocycles. The van der Waals surface area contributed by atoms with Crippen molar-refractivity contribution in [3.8, 4) is 11.8 Å². The van der Waals surface area contributed by atoms with Crippen molar-refractivity contribution in [3.63, 3.8) is 0 Å². The van der Waals surface area contributed by atoms with Crippen LogP contribution in [0, 0.1) is 23.7 Å². The van der Waals surface area contributed by atoms with Gasteiger partial charge in [-0.25, -0.2) is 0 Å². The minimum atomic E-state index is 0.111. The Morgan fingerprint density at radius 2 is 2.27 bits per heavy atom. The summed E-state index contributed by atoms with van der Waals surface area (Å²) in [4.78, 5) is 11.1. The van der Waals surface area contributed by atoms with Gasteiger partial charge >= 0.3 is 0 Å². The smallest absolute Gasteiger partial charge is 0.208 e. The van der Waals surface area contributed by atoms with Gasteiger partial charge in [0.1, 0.15) is 0 Å². The molecule has 0 aromatic rings. The molecule has 0 spiro atoms. The fourth-order valence-corrected chi connectivity index (χ4v) is 0.709. The van der Waals surface area contributed by atoms with E-state index < -0.39 is 0 Å². The Morgan fingerprint density at radius 3 is 2.73 bits per heavy atom. The summed E-state index contributed by atoms with van der Waals surface area (Å²) in [6, 6.07) is 0. The van der Waals surface area contributed by atoms with Crippen LogP contribution < -0.4 is 0 Å². The third-order valence-electron chi connectivity index (χ3n) is 2.04. The zero-order valence-corrected chi connectivity index (χ0v) is 7.18. The van der Waals surface area contributed by atoms with Gasteiger partial charge in [0.25, 0.3) is 0 Å². The van der Waals surface area contributed by atoms with E-state index in [1.165, 1.54) is 12.8 Å². The molecule has 1 saturated carbocycles. The van der Waals surface area contributed by atoms with Crippen LogP contribution in [0.4, 0.5) is 0 Å². The van der Waals surface area contributed by atoms with Crippen LogP contribution >= 0.6 is 0 Å². The van der Waals surface area contributed by atoms with E-state index in [4.69, 9.17) is 0 Å². The van der Waals surface area contributed by atoms with Crippen molar-refractivity contribution < 1.29 is 4.79 Å². The molecule has 11 heavy (non-hydrogen) atoms. The van der Waals surface area contributed by atoms with Crippen LogP contribution in [0.25, 0.3) is 0 Å². The highest BCUT2D eigenvalue weighted by molar-refractivity contribution is 5.97. The first-order valence-corrected chi connectivity index (χ1v) is 4.29. The van der Waals surface area contributed by atoms with E-state index >= 15 is 0 Å². The largest absolute Gasteiger partial charge is 0.285 e. The number of hydrogen-bond donors (Lipinski definition) is 0. The second-order valence-electron chi connectivity index (χ2n) is 3.22. The zero-order valence-electron chi connectivity index (χ0n) is 7.18. The lowest BCUT2D eigenvalue weighted by Crippen LogP contribution is -2.06. The minimum absolute atomic E-state index is 0.111. The number of hydrogen-bond acceptors (Lipinski definition) is 1. The van der Waals surface area contributed by atoms with Gasteiger partial charge < -0.3 is 0 Å². The molecule has 0 radical (unpaired) electrons. The molecule has 1 rings (SSSR count). The summed E-state index contributed by atoms with van der Waals surface area (Å²) >= 11 is 0. The van der Waals surface area contributed by atoms with Gasteiger partial charge in [-0.1, -0.05) is 19.8 Å². The quantitative estimate of drug-likeness (QED) is 0.434. The highest BCUT2D eigenvalue weighted by atomic mass is 16.1. The molecule has 0 saturated heterocycles. The van der Waals surface area contributed by atoms with Crippen LogP contribution in [-0.2, 0) is 4.79 Å². The monoisotopic (exact) mass is 150 g/mol. The van der Waals surface area contributed by atoms with E-state index in [-0.39, 0.29) is 11.7 Å². The molecule has 0 bridgehead atoms. The SMILES string of the molecule is CCC(C)C(=O)C#CC1CC1. The first-order chi connectivity index (χ1) is 5.24. The molecule has 0 aromatic carbocycles. The van der Waals surface area contributed by atoms with Gasteiger partial charge in [0, 0.05) is 11.8 Å². The van der Waals surface area contributed by atoms with Crippen LogP contribution in [-0.4, -0.2) is 5.78 Å². The van der Waals surface area contributed by atoms with Crippen molar-refractivity contribution in [2.75, 3.05) is 0 Å². The molecule has 1 heteroatoms. The van der Waals surface area contributed by atoms with Crippen LogP contribution in [0.2, 0.25) is 0 Å². The molecular formula is C10H14O. The van der Waals surface area contributed by atoms with Crippen LogP contribution in [0.3, 0.4) is 0 Å². The summed E-state index contributed by atoms with van der Waals surface area (Å²) in [6.07, 6.45) is 3.29.